The Bertz CT molecular complexity index is 1330. The molecule has 2 unspecified atom stereocenters. The van der Waals surface area contributed by atoms with Crippen molar-refractivity contribution in [3.8, 4) is 17.7 Å². The summed E-state index contributed by atoms with van der Waals surface area (Å²) in [6.45, 7) is 1.05. The molecule has 0 spiro atoms. The molecule has 0 N–H and O–H groups in total. The number of halogens is 7. The Hall–Kier alpha value is -2.70. The van der Waals surface area contributed by atoms with Gasteiger partial charge < -0.3 is 9.47 Å². The summed E-state index contributed by atoms with van der Waals surface area (Å²) in [5, 5.41) is 10.2. The summed E-state index contributed by atoms with van der Waals surface area (Å²) < 4.78 is 49.9. The fourth-order valence-electron chi connectivity index (χ4n) is 3.16. The van der Waals surface area contributed by atoms with Crippen LogP contribution in [0.25, 0.3) is 0 Å². The van der Waals surface area contributed by atoms with Gasteiger partial charge in [-0.25, -0.2) is 4.98 Å². The van der Waals surface area contributed by atoms with Gasteiger partial charge in [-0.15, -0.1) is 0 Å². The maximum Gasteiger partial charge on any atom is 0.417 e. The number of ketones is 1. The second-order valence-electron chi connectivity index (χ2n) is 7.53. The zero-order valence-corrected chi connectivity index (χ0v) is 21.3. The molecule has 3 rings (SSSR count). The van der Waals surface area contributed by atoms with E-state index in [0.29, 0.717) is 12.3 Å². The quantitative estimate of drug-likeness (QED) is 0.273. The smallest absolute Gasteiger partial charge is 0.417 e. The largest absolute Gasteiger partial charge is 0.476 e. The lowest BCUT2D eigenvalue weighted by atomic mass is 9.84. The van der Waals surface area contributed by atoms with Crippen LogP contribution < -0.4 is 9.47 Å². The van der Waals surface area contributed by atoms with Crippen molar-refractivity contribution in [2.75, 3.05) is 6.61 Å². The van der Waals surface area contributed by atoms with Gasteiger partial charge in [0.15, 0.2) is 0 Å². The van der Waals surface area contributed by atoms with E-state index in [1.54, 1.807) is 12.1 Å². The first-order valence-electron chi connectivity index (χ1n) is 10.1. The minimum Gasteiger partial charge on any atom is -0.476 e. The van der Waals surface area contributed by atoms with Gasteiger partial charge >= 0.3 is 6.18 Å². The molecule has 2 aromatic carbocycles. The topological polar surface area (TPSA) is 72.2 Å². The molecular formula is C24H15Cl4F3N2O3. The Labute approximate surface area is 224 Å². The monoisotopic (exact) mass is 576 g/mol. The number of para-hydroxylation sites is 1. The molecule has 36 heavy (non-hydrogen) atoms. The molecule has 0 saturated carbocycles. The van der Waals surface area contributed by atoms with Crippen molar-refractivity contribution in [3.05, 3.63) is 85.9 Å². The Kier molecular flexibility index (Phi) is 8.63. The van der Waals surface area contributed by atoms with E-state index in [9.17, 15) is 23.2 Å². The van der Waals surface area contributed by atoms with Gasteiger partial charge in [0.1, 0.15) is 16.8 Å². The van der Waals surface area contributed by atoms with Crippen LogP contribution in [0.4, 0.5) is 13.2 Å². The van der Waals surface area contributed by atoms with Crippen molar-refractivity contribution in [2.45, 2.75) is 18.7 Å². The number of carbonyl (C=O) groups is 1. The first-order valence-corrected chi connectivity index (χ1v) is 11.6. The molecule has 0 aliphatic heterocycles. The van der Waals surface area contributed by atoms with Gasteiger partial charge in [-0.2, -0.15) is 18.4 Å². The molecule has 0 bridgehead atoms. The van der Waals surface area contributed by atoms with E-state index in [0.717, 1.165) is 0 Å². The Morgan fingerprint density at radius 2 is 1.75 bits per heavy atom. The van der Waals surface area contributed by atoms with Crippen molar-refractivity contribution >= 4 is 52.2 Å². The normalized spacial score (nSPS) is 13.9. The number of aromatic nitrogens is 1. The molecule has 0 radical (unpaired) electrons. The summed E-state index contributed by atoms with van der Waals surface area (Å²) in [7, 11) is 0. The fourth-order valence-corrected chi connectivity index (χ4v) is 4.09. The molecule has 1 heterocycles. The van der Waals surface area contributed by atoms with E-state index in [4.69, 9.17) is 55.9 Å². The van der Waals surface area contributed by atoms with Crippen molar-refractivity contribution in [1.82, 2.24) is 4.98 Å². The number of alkyl halides is 3. The summed E-state index contributed by atoms with van der Waals surface area (Å²) in [6.07, 6.45) is -4.08. The predicted molar refractivity (Wildman–Crippen MR) is 130 cm³/mol. The molecule has 5 nitrogen and oxygen atoms in total. The SMILES string of the molecule is CC(COc1ncc(C(F)(F)F)cc1Cl)C(=O)C(C#N)(Oc1ccccc1Cl)c1ccc(Cl)cc1Cl. The first-order chi connectivity index (χ1) is 16.9. The minimum absolute atomic E-state index is 0.00924. The highest BCUT2D eigenvalue weighted by atomic mass is 35.5. The number of rotatable bonds is 8. The third-order valence-electron chi connectivity index (χ3n) is 4.97. The van der Waals surface area contributed by atoms with Crippen LogP contribution in [-0.2, 0) is 16.6 Å². The summed E-state index contributed by atoms with van der Waals surface area (Å²) in [5.41, 5.74) is -3.32. The standard InChI is InChI=1S/C24H15Cl4F3N2O3/c1-13(11-35-22-19(28)8-14(10-33-22)24(29,30)31)21(34)23(12-32,16-7-6-15(25)9-18(16)27)36-20-5-3-2-4-17(20)26/h2-10,13H,11H2,1H3. The molecule has 1 aromatic heterocycles. The molecule has 0 saturated heterocycles. The van der Waals surface area contributed by atoms with Crippen molar-refractivity contribution < 1.29 is 27.4 Å². The predicted octanol–water partition coefficient (Wildman–Crippen LogP) is 7.80. The van der Waals surface area contributed by atoms with Gasteiger partial charge in [0.2, 0.25) is 11.7 Å². The number of ether oxygens (including phenoxy) is 2. The summed E-state index contributed by atoms with van der Waals surface area (Å²) >= 11 is 24.4. The average Bonchev–Trinajstić information content (AvgIpc) is 2.82. The minimum atomic E-state index is -4.64. The number of benzene rings is 2. The van der Waals surface area contributed by atoms with E-state index in [1.165, 1.54) is 37.3 Å². The molecule has 0 aliphatic carbocycles. The van der Waals surface area contributed by atoms with Crippen molar-refractivity contribution in [1.29, 1.82) is 5.26 Å². The maximum absolute atomic E-state index is 13.7. The van der Waals surface area contributed by atoms with E-state index in [2.05, 4.69) is 4.98 Å². The molecule has 0 aliphatic rings. The van der Waals surface area contributed by atoms with Crippen LogP contribution in [0.1, 0.15) is 18.1 Å². The lowest BCUT2D eigenvalue weighted by molar-refractivity contribution is -0.137. The number of hydrogen-bond donors (Lipinski definition) is 0. The Morgan fingerprint density at radius 3 is 2.33 bits per heavy atom. The van der Waals surface area contributed by atoms with E-state index in [-0.39, 0.29) is 32.3 Å². The van der Waals surface area contributed by atoms with Crippen LogP contribution >= 0.6 is 46.4 Å². The van der Waals surface area contributed by atoms with Crippen LogP contribution in [0.15, 0.2) is 54.7 Å². The average molecular weight is 578 g/mol. The van der Waals surface area contributed by atoms with Crippen LogP contribution in [0, 0.1) is 17.2 Å². The molecule has 0 amide bonds. The van der Waals surface area contributed by atoms with Gasteiger partial charge in [-0.3, -0.25) is 4.79 Å². The molecular weight excluding hydrogens is 563 g/mol. The Morgan fingerprint density at radius 1 is 1.06 bits per heavy atom. The van der Waals surface area contributed by atoms with Gasteiger partial charge in [-0.05, 0) is 30.3 Å². The molecule has 0 fully saturated rings. The number of nitriles is 1. The van der Waals surface area contributed by atoms with Crippen molar-refractivity contribution in [3.63, 3.8) is 0 Å². The fraction of sp³-hybridized carbons (Fsp3) is 0.208. The molecule has 2 atom stereocenters. The van der Waals surface area contributed by atoms with Crippen LogP contribution in [-0.4, -0.2) is 17.4 Å². The van der Waals surface area contributed by atoms with Crippen LogP contribution in [0.3, 0.4) is 0 Å². The van der Waals surface area contributed by atoms with Crippen molar-refractivity contribution in [2.24, 2.45) is 5.92 Å². The Balaban J connectivity index is 1.95. The number of nitrogens with zero attached hydrogens (tertiary/aromatic N) is 2. The summed E-state index contributed by atoms with van der Waals surface area (Å²) in [4.78, 5) is 17.3. The number of carbonyl (C=O) groups excluding carboxylic acids is 1. The lowest BCUT2D eigenvalue weighted by Crippen LogP contribution is -2.45. The lowest BCUT2D eigenvalue weighted by Gasteiger charge is -2.30. The zero-order valence-electron chi connectivity index (χ0n) is 18.2. The highest BCUT2D eigenvalue weighted by Gasteiger charge is 2.47. The number of hydrogen-bond acceptors (Lipinski definition) is 5. The van der Waals surface area contributed by atoms with Gasteiger partial charge in [-0.1, -0.05) is 71.5 Å². The van der Waals surface area contributed by atoms with Crippen LogP contribution in [0.2, 0.25) is 20.1 Å². The highest BCUT2D eigenvalue weighted by Crippen LogP contribution is 2.39. The van der Waals surface area contributed by atoms with E-state index >= 15 is 0 Å². The number of pyridine rings is 1. The summed E-state index contributed by atoms with van der Waals surface area (Å²) in [6, 6.07) is 12.9. The molecule has 188 valence electrons. The number of Topliss-reactive ketones (excluding diaryl/α,β-unsaturated/α-hetero) is 1. The second-order valence-corrected chi connectivity index (χ2v) is 9.19. The first kappa shape index (κ1) is 27.9. The highest BCUT2D eigenvalue weighted by molar-refractivity contribution is 6.35. The molecule has 3 aromatic rings. The van der Waals surface area contributed by atoms with Gasteiger partial charge in [0, 0.05) is 16.8 Å². The van der Waals surface area contributed by atoms with Crippen LogP contribution in [0.5, 0.6) is 11.6 Å². The van der Waals surface area contributed by atoms with Gasteiger partial charge in [0.05, 0.1) is 28.1 Å². The second kappa shape index (κ2) is 11.1. The van der Waals surface area contributed by atoms with E-state index < -0.39 is 40.7 Å². The van der Waals surface area contributed by atoms with Gasteiger partial charge in [0.25, 0.3) is 5.60 Å². The zero-order chi connectivity index (χ0) is 26.7. The molecule has 12 heteroatoms. The summed E-state index contributed by atoms with van der Waals surface area (Å²) in [5.74, 6) is -2.08. The van der Waals surface area contributed by atoms with E-state index in [1.807, 2.05) is 6.07 Å². The maximum atomic E-state index is 13.7. The third-order valence-corrected chi connectivity index (χ3v) is 6.10. The third kappa shape index (κ3) is 5.98.